The van der Waals surface area contributed by atoms with Crippen LogP contribution in [0.5, 0.6) is 0 Å². The van der Waals surface area contributed by atoms with Gasteiger partial charge < -0.3 is 15.4 Å². The van der Waals surface area contributed by atoms with Gasteiger partial charge in [0.2, 0.25) is 11.9 Å². The number of hydrogen-bond acceptors (Lipinski definition) is 7. The lowest BCUT2D eigenvalue weighted by molar-refractivity contribution is 0.102. The molecule has 2 aromatic heterocycles. The summed E-state index contributed by atoms with van der Waals surface area (Å²) in [5.41, 5.74) is 8.64. The second kappa shape index (κ2) is 10.0. The number of nitrogens with zero attached hydrogens (tertiary/aromatic N) is 5. The molecule has 2 fully saturated rings. The molecule has 8 heteroatoms. The average Bonchev–Trinajstić information content (AvgIpc) is 3.65. The highest BCUT2D eigenvalue weighted by molar-refractivity contribution is 5.60. The predicted octanol–water partition coefficient (Wildman–Crippen LogP) is 4.29. The van der Waals surface area contributed by atoms with E-state index >= 15 is 0 Å². The Morgan fingerprint density at radius 1 is 1.12 bits per heavy atom. The van der Waals surface area contributed by atoms with Gasteiger partial charge in [-0.3, -0.25) is 0 Å². The van der Waals surface area contributed by atoms with Crippen molar-refractivity contribution in [2.75, 3.05) is 30.3 Å². The molecule has 2 aliphatic rings. The zero-order chi connectivity index (χ0) is 23.5. The molecule has 1 aliphatic heterocycles. The fourth-order valence-corrected chi connectivity index (χ4v) is 4.94. The highest BCUT2D eigenvalue weighted by atomic mass is 19.1. The van der Waals surface area contributed by atoms with Crippen molar-refractivity contribution in [3.05, 3.63) is 59.8 Å². The van der Waals surface area contributed by atoms with E-state index in [2.05, 4.69) is 31.8 Å². The van der Waals surface area contributed by atoms with Gasteiger partial charge in [0.05, 0.1) is 18.9 Å². The lowest BCUT2D eigenvalue weighted by atomic mass is 9.91. The van der Waals surface area contributed by atoms with Crippen molar-refractivity contribution in [2.45, 2.75) is 39.2 Å². The molecule has 5 rings (SSSR count). The van der Waals surface area contributed by atoms with Crippen LogP contribution in [0, 0.1) is 23.6 Å². The minimum atomic E-state index is -0.288. The van der Waals surface area contributed by atoms with E-state index in [1.54, 1.807) is 18.3 Å². The summed E-state index contributed by atoms with van der Waals surface area (Å²) in [5.74, 6) is 2.78. The molecule has 2 N–H and O–H groups in total. The Hall–Kier alpha value is -3.13. The molecule has 3 heterocycles. The molecule has 34 heavy (non-hydrogen) atoms. The van der Waals surface area contributed by atoms with Gasteiger partial charge in [-0.05, 0) is 61.1 Å². The van der Waals surface area contributed by atoms with Gasteiger partial charge in [0.15, 0.2) is 0 Å². The van der Waals surface area contributed by atoms with Crippen LogP contribution in [0.3, 0.4) is 0 Å². The van der Waals surface area contributed by atoms with Crippen LogP contribution in [0.4, 0.5) is 16.3 Å². The first-order chi connectivity index (χ1) is 16.6. The van der Waals surface area contributed by atoms with Crippen LogP contribution in [0.25, 0.3) is 11.3 Å². The van der Waals surface area contributed by atoms with Crippen LogP contribution in [-0.2, 0) is 17.8 Å². The molecule has 7 nitrogen and oxygen atoms in total. The SMILES string of the molecule is CCc1cnc(N2CCC([C@H]3C[C@H]3COCc3ccc(-c4ccnc(N)n4)cc3F)CC2)nc1. The molecule has 178 valence electrons. The Morgan fingerprint density at radius 3 is 2.62 bits per heavy atom. The molecule has 0 radical (unpaired) electrons. The first-order valence-electron chi connectivity index (χ1n) is 12.1. The molecule has 0 spiro atoms. The second-order valence-electron chi connectivity index (χ2n) is 9.35. The number of benzene rings is 1. The first-order valence-corrected chi connectivity index (χ1v) is 12.1. The van der Waals surface area contributed by atoms with Crippen molar-refractivity contribution in [3.8, 4) is 11.3 Å². The zero-order valence-electron chi connectivity index (χ0n) is 19.5. The third kappa shape index (κ3) is 5.17. The Morgan fingerprint density at radius 2 is 1.91 bits per heavy atom. The number of rotatable bonds is 8. The van der Waals surface area contributed by atoms with Gasteiger partial charge in [0.25, 0.3) is 0 Å². The van der Waals surface area contributed by atoms with E-state index in [4.69, 9.17) is 10.5 Å². The lowest BCUT2D eigenvalue weighted by Crippen LogP contribution is -2.35. The van der Waals surface area contributed by atoms with E-state index in [1.807, 2.05) is 18.5 Å². The number of piperidine rings is 1. The van der Waals surface area contributed by atoms with Crippen molar-refractivity contribution >= 4 is 11.9 Å². The molecular formula is C26H31FN6O. The standard InChI is InChI=1S/C26H31FN6O/c1-2-17-13-30-26(31-14-17)33-9-6-18(7-10-33)22-11-21(22)16-34-15-20-4-3-19(12-23(20)27)24-5-8-29-25(28)32-24/h3-5,8,12-14,18,21-22H,2,6-7,9-11,15-16H2,1H3,(H2,28,29,32)/t21-,22+/m0/s1. The maximum Gasteiger partial charge on any atom is 0.225 e. The summed E-state index contributed by atoms with van der Waals surface area (Å²) >= 11 is 0. The van der Waals surface area contributed by atoms with Crippen LogP contribution in [0.15, 0.2) is 42.9 Å². The summed E-state index contributed by atoms with van der Waals surface area (Å²) in [7, 11) is 0. The maximum absolute atomic E-state index is 14.6. The molecule has 0 bridgehead atoms. The highest BCUT2D eigenvalue weighted by Crippen LogP contribution is 2.48. The summed E-state index contributed by atoms with van der Waals surface area (Å²) < 4.78 is 20.5. The van der Waals surface area contributed by atoms with Gasteiger partial charge in [0, 0.05) is 42.8 Å². The number of ether oxygens (including phenoxy) is 1. The number of aryl methyl sites for hydroxylation is 1. The predicted molar refractivity (Wildman–Crippen MR) is 129 cm³/mol. The van der Waals surface area contributed by atoms with Crippen LogP contribution in [0.2, 0.25) is 0 Å². The van der Waals surface area contributed by atoms with Gasteiger partial charge in [-0.15, -0.1) is 0 Å². The van der Waals surface area contributed by atoms with Gasteiger partial charge in [0.1, 0.15) is 5.82 Å². The van der Waals surface area contributed by atoms with E-state index in [0.717, 1.165) is 37.3 Å². The number of nitrogen functional groups attached to an aromatic ring is 1. The Labute approximate surface area is 199 Å². The van der Waals surface area contributed by atoms with Crippen molar-refractivity contribution in [3.63, 3.8) is 0 Å². The van der Waals surface area contributed by atoms with Crippen molar-refractivity contribution < 1.29 is 9.13 Å². The Bertz CT molecular complexity index is 1120. The fourth-order valence-electron chi connectivity index (χ4n) is 4.94. The maximum atomic E-state index is 14.6. The summed E-state index contributed by atoms with van der Waals surface area (Å²) in [6.45, 7) is 5.11. The zero-order valence-corrected chi connectivity index (χ0v) is 19.5. The van der Waals surface area contributed by atoms with Crippen LogP contribution < -0.4 is 10.6 Å². The smallest absolute Gasteiger partial charge is 0.225 e. The third-order valence-electron chi connectivity index (χ3n) is 7.12. The van der Waals surface area contributed by atoms with Gasteiger partial charge >= 0.3 is 0 Å². The fraction of sp³-hybridized carbons (Fsp3) is 0.462. The lowest BCUT2D eigenvalue weighted by Gasteiger charge is -2.32. The quantitative estimate of drug-likeness (QED) is 0.534. The summed E-state index contributed by atoms with van der Waals surface area (Å²) in [5, 5.41) is 0. The van der Waals surface area contributed by atoms with Gasteiger partial charge in [-0.1, -0.05) is 19.1 Å². The van der Waals surface area contributed by atoms with Crippen LogP contribution in [0.1, 0.15) is 37.3 Å². The molecule has 0 unspecified atom stereocenters. The topological polar surface area (TPSA) is 90.0 Å². The normalized spacial score (nSPS) is 20.5. The number of nitrogens with two attached hydrogens (primary N) is 1. The molecule has 1 aromatic carbocycles. The van der Waals surface area contributed by atoms with Gasteiger partial charge in [-0.25, -0.2) is 24.3 Å². The molecular weight excluding hydrogens is 431 g/mol. The van der Waals surface area contributed by atoms with E-state index in [0.29, 0.717) is 29.3 Å². The largest absolute Gasteiger partial charge is 0.376 e. The van der Waals surface area contributed by atoms with Gasteiger partial charge in [-0.2, -0.15) is 0 Å². The van der Waals surface area contributed by atoms with Crippen LogP contribution in [-0.4, -0.2) is 39.6 Å². The molecule has 0 amide bonds. The average molecular weight is 463 g/mol. The molecule has 3 aromatic rings. The monoisotopic (exact) mass is 462 g/mol. The molecule has 1 aliphatic carbocycles. The Balaban J connectivity index is 1.06. The van der Waals surface area contributed by atoms with Crippen molar-refractivity contribution in [1.82, 2.24) is 19.9 Å². The molecule has 1 saturated heterocycles. The number of hydrogen-bond donors (Lipinski definition) is 1. The summed E-state index contributed by atoms with van der Waals surface area (Å²) in [6.07, 6.45) is 9.95. The van der Waals surface area contributed by atoms with Crippen molar-refractivity contribution in [1.29, 1.82) is 0 Å². The van der Waals surface area contributed by atoms with E-state index in [1.165, 1.54) is 30.9 Å². The van der Waals surface area contributed by atoms with Crippen molar-refractivity contribution in [2.24, 2.45) is 17.8 Å². The number of aromatic nitrogens is 4. The van der Waals surface area contributed by atoms with E-state index in [9.17, 15) is 4.39 Å². The first kappa shape index (κ1) is 22.7. The van der Waals surface area contributed by atoms with E-state index < -0.39 is 0 Å². The summed E-state index contributed by atoms with van der Waals surface area (Å²) in [4.78, 5) is 19.4. The number of anilines is 2. The minimum absolute atomic E-state index is 0.175. The minimum Gasteiger partial charge on any atom is -0.376 e. The third-order valence-corrected chi connectivity index (χ3v) is 7.12. The Kier molecular flexibility index (Phi) is 6.67. The van der Waals surface area contributed by atoms with E-state index in [-0.39, 0.29) is 18.4 Å². The second-order valence-corrected chi connectivity index (χ2v) is 9.35. The summed E-state index contributed by atoms with van der Waals surface area (Å²) in [6, 6.07) is 6.80. The molecule has 2 atom stereocenters. The number of halogens is 1. The van der Waals surface area contributed by atoms with Crippen LogP contribution >= 0.6 is 0 Å². The highest BCUT2D eigenvalue weighted by Gasteiger charge is 2.43. The molecule has 1 saturated carbocycles.